The quantitative estimate of drug-likeness (QED) is 0.467. The third kappa shape index (κ3) is 3.12. The van der Waals surface area contributed by atoms with E-state index >= 15 is 0 Å². The zero-order chi connectivity index (χ0) is 13.0. The van der Waals surface area contributed by atoms with Crippen LogP contribution in [0.2, 0.25) is 0 Å². The van der Waals surface area contributed by atoms with Crippen LogP contribution < -0.4 is 0 Å². The number of carbonyl (C=O) groups is 1. The van der Waals surface area contributed by atoms with E-state index in [9.17, 15) is 20.1 Å². The lowest BCUT2D eigenvalue weighted by Gasteiger charge is -2.16. The van der Waals surface area contributed by atoms with Crippen LogP contribution in [-0.4, -0.2) is 40.3 Å². The minimum absolute atomic E-state index is 0.00353. The van der Waals surface area contributed by atoms with Gasteiger partial charge in [-0.25, -0.2) is 4.79 Å². The van der Waals surface area contributed by atoms with Crippen molar-refractivity contribution in [2.24, 2.45) is 0 Å². The van der Waals surface area contributed by atoms with Gasteiger partial charge in [-0.15, -0.1) is 0 Å². The van der Waals surface area contributed by atoms with E-state index < -0.39 is 18.2 Å². The molecule has 1 aromatic carbocycles. The highest BCUT2D eigenvalue weighted by Crippen LogP contribution is 2.25. The number of phenolic OH excluding ortho intramolecular Hbond substituents is 1. The Morgan fingerprint density at radius 3 is 2.59 bits per heavy atom. The largest absolute Gasteiger partial charge is 0.507 e. The summed E-state index contributed by atoms with van der Waals surface area (Å²) < 4.78 is 4.46. The Bertz CT molecular complexity index is 407. The van der Waals surface area contributed by atoms with Gasteiger partial charge in [0, 0.05) is 5.75 Å². The Morgan fingerprint density at radius 1 is 1.47 bits per heavy atom. The van der Waals surface area contributed by atoms with E-state index in [4.69, 9.17) is 0 Å². The molecule has 1 aromatic rings. The Labute approximate surface area is 104 Å². The number of methoxy groups -OCH3 is 1. The van der Waals surface area contributed by atoms with E-state index in [0.717, 1.165) is 0 Å². The molecular formula is C11H14O5S. The van der Waals surface area contributed by atoms with Crippen molar-refractivity contribution in [2.75, 3.05) is 12.9 Å². The van der Waals surface area contributed by atoms with Crippen molar-refractivity contribution >= 4 is 18.6 Å². The molecule has 0 heterocycles. The van der Waals surface area contributed by atoms with Crippen LogP contribution in [0, 0.1) is 0 Å². The molecule has 2 atom stereocenters. The summed E-state index contributed by atoms with van der Waals surface area (Å²) in [5, 5.41) is 28.7. The molecular weight excluding hydrogens is 244 g/mol. The van der Waals surface area contributed by atoms with Gasteiger partial charge in [-0.3, -0.25) is 0 Å². The van der Waals surface area contributed by atoms with Crippen molar-refractivity contribution in [3.63, 3.8) is 0 Å². The fourth-order valence-corrected chi connectivity index (χ4v) is 1.54. The van der Waals surface area contributed by atoms with Gasteiger partial charge in [0.15, 0.2) is 0 Å². The molecule has 0 spiro atoms. The highest BCUT2D eigenvalue weighted by Gasteiger charge is 2.19. The van der Waals surface area contributed by atoms with Crippen molar-refractivity contribution in [1.29, 1.82) is 0 Å². The number of aromatic hydroxyl groups is 1. The van der Waals surface area contributed by atoms with Crippen molar-refractivity contribution < 1.29 is 24.9 Å². The number of aliphatic hydroxyl groups is 2. The number of hydrogen-bond acceptors (Lipinski definition) is 6. The van der Waals surface area contributed by atoms with Crippen molar-refractivity contribution in [2.45, 2.75) is 12.2 Å². The van der Waals surface area contributed by atoms with Crippen molar-refractivity contribution in [3.8, 4) is 5.75 Å². The van der Waals surface area contributed by atoms with E-state index in [0.29, 0.717) is 5.56 Å². The Kier molecular flexibility index (Phi) is 4.80. The second-order valence-electron chi connectivity index (χ2n) is 3.46. The molecule has 5 nitrogen and oxygen atoms in total. The van der Waals surface area contributed by atoms with Gasteiger partial charge in [0.25, 0.3) is 0 Å². The smallest absolute Gasteiger partial charge is 0.341 e. The molecule has 0 saturated heterocycles. The molecule has 0 aliphatic heterocycles. The number of aliphatic hydroxyl groups excluding tert-OH is 2. The third-order valence-corrected chi connectivity index (χ3v) is 2.69. The zero-order valence-electron chi connectivity index (χ0n) is 9.20. The van der Waals surface area contributed by atoms with Gasteiger partial charge >= 0.3 is 5.97 Å². The first-order valence-corrected chi connectivity index (χ1v) is 5.52. The van der Waals surface area contributed by atoms with Crippen LogP contribution in [0.1, 0.15) is 22.0 Å². The van der Waals surface area contributed by atoms with E-state index in [1.807, 2.05) is 0 Å². The molecule has 17 heavy (non-hydrogen) atoms. The maximum atomic E-state index is 11.2. The Balaban J connectivity index is 3.00. The van der Waals surface area contributed by atoms with Gasteiger partial charge in [0.2, 0.25) is 0 Å². The zero-order valence-corrected chi connectivity index (χ0v) is 10.1. The molecule has 0 bridgehead atoms. The van der Waals surface area contributed by atoms with Crippen molar-refractivity contribution in [1.82, 2.24) is 0 Å². The van der Waals surface area contributed by atoms with Gasteiger partial charge in [-0.1, -0.05) is 6.07 Å². The molecule has 0 aromatic heterocycles. The van der Waals surface area contributed by atoms with Crippen LogP contribution in [0.3, 0.4) is 0 Å². The molecule has 0 radical (unpaired) electrons. The lowest BCUT2D eigenvalue weighted by molar-refractivity contribution is 0.0336. The number of phenols is 1. The number of carbonyl (C=O) groups excluding carboxylic acids is 1. The number of ether oxygens (including phenoxy) is 1. The first-order valence-electron chi connectivity index (χ1n) is 4.89. The van der Waals surface area contributed by atoms with Gasteiger partial charge < -0.3 is 20.1 Å². The van der Waals surface area contributed by atoms with Crippen LogP contribution >= 0.6 is 12.6 Å². The predicted octanol–water partition coefficient (Wildman–Crippen LogP) is 0.503. The summed E-state index contributed by atoms with van der Waals surface area (Å²) >= 11 is 3.85. The highest BCUT2D eigenvalue weighted by molar-refractivity contribution is 7.80. The van der Waals surface area contributed by atoms with Gasteiger partial charge in [0.05, 0.1) is 13.2 Å². The summed E-state index contributed by atoms with van der Waals surface area (Å²) in [6, 6.07) is 3.97. The topological polar surface area (TPSA) is 87.0 Å². The average molecular weight is 258 g/mol. The second-order valence-corrected chi connectivity index (χ2v) is 3.83. The maximum Gasteiger partial charge on any atom is 0.341 e. The Morgan fingerprint density at radius 2 is 2.12 bits per heavy atom. The number of rotatable bonds is 4. The minimum atomic E-state index is -1.16. The van der Waals surface area contributed by atoms with Crippen LogP contribution in [0.5, 0.6) is 5.75 Å². The SMILES string of the molecule is COC(=O)c1ccc(C(O)C(O)CS)cc1O. The highest BCUT2D eigenvalue weighted by atomic mass is 32.1. The fourth-order valence-electron chi connectivity index (χ4n) is 1.34. The molecule has 0 amide bonds. The minimum Gasteiger partial charge on any atom is -0.507 e. The monoisotopic (exact) mass is 258 g/mol. The average Bonchev–Trinajstić information content (AvgIpc) is 2.35. The predicted molar refractivity (Wildman–Crippen MR) is 64.3 cm³/mol. The third-order valence-electron chi connectivity index (χ3n) is 2.32. The molecule has 3 N–H and O–H groups in total. The molecule has 0 aliphatic rings. The molecule has 0 saturated carbocycles. The van der Waals surface area contributed by atoms with Gasteiger partial charge in [0.1, 0.15) is 17.4 Å². The molecule has 2 unspecified atom stereocenters. The van der Waals surface area contributed by atoms with E-state index in [1.54, 1.807) is 0 Å². The normalized spacial score (nSPS) is 14.1. The first-order chi connectivity index (χ1) is 8.01. The standard InChI is InChI=1S/C11H14O5S/c1-16-11(15)7-3-2-6(4-8(7)12)10(14)9(13)5-17/h2-4,9-10,12-14,17H,5H2,1H3. The lowest BCUT2D eigenvalue weighted by Crippen LogP contribution is -2.19. The molecule has 1 rings (SSSR count). The number of benzene rings is 1. The van der Waals surface area contributed by atoms with Crippen molar-refractivity contribution in [3.05, 3.63) is 29.3 Å². The summed E-state index contributed by atoms with van der Waals surface area (Å²) in [6.45, 7) is 0. The summed E-state index contributed by atoms with van der Waals surface area (Å²) in [5.41, 5.74) is 0.306. The van der Waals surface area contributed by atoms with Crippen LogP contribution in [0.25, 0.3) is 0 Å². The van der Waals surface area contributed by atoms with Gasteiger partial charge in [-0.05, 0) is 17.7 Å². The van der Waals surface area contributed by atoms with Crippen LogP contribution in [0.15, 0.2) is 18.2 Å². The fraction of sp³-hybridized carbons (Fsp3) is 0.364. The van der Waals surface area contributed by atoms with E-state index in [1.165, 1.54) is 25.3 Å². The summed E-state index contributed by atoms with van der Waals surface area (Å²) in [7, 11) is 1.20. The summed E-state index contributed by atoms with van der Waals surface area (Å²) in [5.74, 6) is -0.890. The van der Waals surface area contributed by atoms with E-state index in [2.05, 4.69) is 17.4 Å². The van der Waals surface area contributed by atoms with Crippen LogP contribution in [-0.2, 0) is 4.74 Å². The maximum absolute atomic E-state index is 11.2. The Hall–Kier alpha value is -1.24. The number of hydrogen-bond donors (Lipinski definition) is 4. The summed E-state index contributed by atoms with van der Waals surface area (Å²) in [6.07, 6.45) is -2.20. The van der Waals surface area contributed by atoms with Crippen LogP contribution in [0.4, 0.5) is 0 Å². The second kappa shape index (κ2) is 5.90. The molecule has 0 aliphatic carbocycles. The summed E-state index contributed by atoms with van der Waals surface area (Å²) in [4.78, 5) is 11.2. The number of thiol groups is 1. The number of esters is 1. The first kappa shape index (κ1) is 13.8. The lowest BCUT2D eigenvalue weighted by atomic mass is 10.0. The van der Waals surface area contributed by atoms with Gasteiger partial charge in [-0.2, -0.15) is 12.6 Å². The molecule has 0 fully saturated rings. The van der Waals surface area contributed by atoms with E-state index in [-0.39, 0.29) is 17.1 Å². The molecule has 94 valence electrons. The molecule has 6 heteroatoms.